The fourth-order valence-corrected chi connectivity index (χ4v) is 8.74. The topological polar surface area (TPSA) is 74.3 Å². The van der Waals surface area contributed by atoms with Crippen LogP contribution in [0.1, 0.15) is 0 Å². The zero-order chi connectivity index (χ0) is 41.0. The zero-order valence-electron chi connectivity index (χ0n) is 33.3. The summed E-state index contributed by atoms with van der Waals surface area (Å²) in [5.74, 6) is 2.33. The van der Waals surface area contributed by atoms with Gasteiger partial charge in [-0.1, -0.05) is 176 Å². The number of fused-ring (bicyclic) bond motifs is 7. The molecule has 12 rings (SSSR count). The fourth-order valence-electron chi connectivity index (χ4n) is 8.74. The SMILES string of the molecule is c1ccc(-c2cc(-c3ccccc3)nc(-c3ccc(-c4nc(-c5ccccc5)nc(-n5c6ccccc6c6ccc7c(c8ccccc8n7-c7ccccc7)c65)n4)cc3)n2)cc1. The average Bonchev–Trinajstić information content (AvgIpc) is 3.88. The van der Waals surface area contributed by atoms with E-state index >= 15 is 0 Å². The molecule has 0 aliphatic carbocycles. The monoisotopic (exact) mass is 793 g/mol. The summed E-state index contributed by atoms with van der Waals surface area (Å²) >= 11 is 0. The molecule has 4 aromatic heterocycles. The third-order valence-electron chi connectivity index (χ3n) is 11.6. The first-order valence-electron chi connectivity index (χ1n) is 20.7. The molecule has 0 saturated heterocycles. The van der Waals surface area contributed by atoms with Crippen LogP contribution in [0.15, 0.2) is 212 Å². The Labute approximate surface area is 356 Å². The molecule has 7 nitrogen and oxygen atoms in total. The van der Waals surface area contributed by atoms with Crippen LogP contribution in [0.4, 0.5) is 0 Å². The molecule has 0 fully saturated rings. The van der Waals surface area contributed by atoms with Gasteiger partial charge in [-0.15, -0.1) is 0 Å². The highest BCUT2D eigenvalue weighted by Crippen LogP contribution is 2.42. The molecule has 290 valence electrons. The molecule has 0 N–H and O–H groups in total. The van der Waals surface area contributed by atoms with Gasteiger partial charge in [0.25, 0.3) is 0 Å². The second kappa shape index (κ2) is 14.6. The Morgan fingerprint density at radius 3 is 1.32 bits per heavy atom. The van der Waals surface area contributed by atoms with Crippen molar-refractivity contribution in [3.63, 3.8) is 0 Å². The number of para-hydroxylation sites is 3. The zero-order valence-corrected chi connectivity index (χ0v) is 33.3. The van der Waals surface area contributed by atoms with E-state index in [1.807, 2.05) is 66.7 Å². The summed E-state index contributed by atoms with van der Waals surface area (Å²) < 4.78 is 4.58. The molecule has 62 heavy (non-hydrogen) atoms. The molecule has 0 aliphatic rings. The van der Waals surface area contributed by atoms with Gasteiger partial charge in [-0.2, -0.15) is 9.97 Å². The second-order valence-electron chi connectivity index (χ2n) is 15.3. The van der Waals surface area contributed by atoms with E-state index in [2.05, 4.69) is 155 Å². The first-order chi connectivity index (χ1) is 30.7. The minimum absolute atomic E-state index is 0.541. The molecular weight excluding hydrogens is 759 g/mol. The summed E-state index contributed by atoms with van der Waals surface area (Å²) in [5, 5.41) is 4.55. The van der Waals surface area contributed by atoms with Crippen LogP contribution in [0.3, 0.4) is 0 Å². The first-order valence-corrected chi connectivity index (χ1v) is 20.7. The van der Waals surface area contributed by atoms with E-state index in [1.54, 1.807) is 0 Å². The lowest BCUT2D eigenvalue weighted by atomic mass is 10.1. The van der Waals surface area contributed by atoms with E-state index < -0.39 is 0 Å². The van der Waals surface area contributed by atoms with Crippen molar-refractivity contribution in [2.24, 2.45) is 0 Å². The van der Waals surface area contributed by atoms with Crippen LogP contribution >= 0.6 is 0 Å². The molecule has 0 amide bonds. The molecule has 0 saturated carbocycles. The van der Waals surface area contributed by atoms with Gasteiger partial charge in [-0.25, -0.2) is 15.0 Å². The summed E-state index contributed by atoms with van der Waals surface area (Å²) in [5.41, 5.74) is 11.8. The van der Waals surface area contributed by atoms with Crippen LogP contribution < -0.4 is 0 Å². The maximum atomic E-state index is 5.34. The summed E-state index contributed by atoms with van der Waals surface area (Å²) in [4.78, 5) is 25.9. The van der Waals surface area contributed by atoms with Gasteiger partial charge in [0.15, 0.2) is 17.5 Å². The van der Waals surface area contributed by atoms with Crippen LogP contribution in [0, 0.1) is 0 Å². The molecule has 4 heterocycles. The van der Waals surface area contributed by atoms with E-state index in [1.165, 1.54) is 0 Å². The van der Waals surface area contributed by atoms with E-state index in [0.717, 1.165) is 88.5 Å². The molecule has 7 heteroatoms. The Morgan fingerprint density at radius 2 is 0.742 bits per heavy atom. The number of nitrogens with zero attached hydrogens (tertiary/aromatic N) is 7. The Balaban J connectivity index is 1.07. The minimum Gasteiger partial charge on any atom is -0.309 e. The van der Waals surface area contributed by atoms with Gasteiger partial charge in [0.1, 0.15) is 0 Å². The van der Waals surface area contributed by atoms with Crippen molar-refractivity contribution in [2.75, 3.05) is 0 Å². The standard InChI is InChI=1S/C55H35N7/c1-5-17-36(18-6-1)45-35-46(37-19-7-2-8-20-37)57-52(56-45)39-29-31-40(32-30-39)54-58-53(38-21-9-3-10-22-38)59-55(60-54)62-47-27-15-13-25-42(47)43-33-34-49-50(51(43)62)44-26-14-16-28-48(44)61(49)41-23-11-4-12-24-41/h1-35H. The van der Waals surface area contributed by atoms with Crippen molar-refractivity contribution in [3.05, 3.63) is 212 Å². The summed E-state index contributed by atoms with van der Waals surface area (Å²) in [6, 6.07) is 73.1. The van der Waals surface area contributed by atoms with Crippen molar-refractivity contribution in [2.45, 2.75) is 0 Å². The Morgan fingerprint density at radius 1 is 0.290 bits per heavy atom. The van der Waals surface area contributed by atoms with Gasteiger partial charge in [0.2, 0.25) is 5.95 Å². The molecule has 12 aromatic rings. The highest BCUT2D eigenvalue weighted by Gasteiger charge is 2.23. The van der Waals surface area contributed by atoms with E-state index in [9.17, 15) is 0 Å². The van der Waals surface area contributed by atoms with Crippen LogP contribution in [-0.4, -0.2) is 34.1 Å². The van der Waals surface area contributed by atoms with Crippen molar-refractivity contribution in [1.82, 2.24) is 34.1 Å². The number of hydrogen-bond donors (Lipinski definition) is 0. The third kappa shape index (κ3) is 5.94. The fraction of sp³-hybridized carbons (Fsp3) is 0. The highest BCUT2D eigenvalue weighted by atomic mass is 15.2. The second-order valence-corrected chi connectivity index (χ2v) is 15.3. The van der Waals surface area contributed by atoms with E-state index in [0.29, 0.717) is 23.4 Å². The summed E-state index contributed by atoms with van der Waals surface area (Å²) in [7, 11) is 0. The van der Waals surface area contributed by atoms with Gasteiger partial charge in [-0.3, -0.25) is 4.57 Å². The van der Waals surface area contributed by atoms with Gasteiger partial charge < -0.3 is 4.57 Å². The van der Waals surface area contributed by atoms with Crippen LogP contribution in [0.5, 0.6) is 0 Å². The van der Waals surface area contributed by atoms with Crippen molar-refractivity contribution in [3.8, 4) is 68.3 Å². The van der Waals surface area contributed by atoms with Crippen LogP contribution in [-0.2, 0) is 0 Å². The molecule has 0 atom stereocenters. The van der Waals surface area contributed by atoms with Gasteiger partial charge in [-0.05, 0) is 36.4 Å². The van der Waals surface area contributed by atoms with Crippen molar-refractivity contribution >= 4 is 43.6 Å². The molecule has 0 unspecified atom stereocenters. The average molecular weight is 794 g/mol. The lowest BCUT2D eigenvalue weighted by molar-refractivity contribution is 0.955. The molecular formula is C55H35N7. The number of hydrogen-bond acceptors (Lipinski definition) is 5. The number of rotatable bonds is 7. The Hall–Kier alpha value is -8.55. The Kier molecular flexibility index (Phi) is 8.35. The number of benzene rings is 8. The van der Waals surface area contributed by atoms with Gasteiger partial charge in [0, 0.05) is 55.0 Å². The lowest BCUT2D eigenvalue weighted by Crippen LogP contribution is -2.06. The van der Waals surface area contributed by atoms with E-state index in [-0.39, 0.29) is 0 Å². The van der Waals surface area contributed by atoms with E-state index in [4.69, 9.17) is 24.9 Å². The first kappa shape index (κ1) is 35.4. The summed E-state index contributed by atoms with van der Waals surface area (Å²) in [6.45, 7) is 0. The predicted octanol–water partition coefficient (Wildman–Crippen LogP) is 13.2. The molecule has 8 aromatic carbocycles. The summed E-state index contributed by atoms with van der Waals surface area (Å²) in [6.07, 6.45) is 0. The van der Waals surface area contributed by atoms with Crippen LogP contribution in [0.2, 0.25) is 0 Å². The minimum atomic E-state index is 0.541. The smallest absolute Gasteiger partial charge is 0.238 e. The maximum absolute atomic E-state index is 5.34. The number of aromatic nitrogens is 7. The third-order valence-corrected chi connectivity index (χ3v) is 11.6. The predicted molar refractivity (Wildman–Crippen MR) is 251 cm³/mol. The molecule has 0 spiro atoms. The molecule has 0 aliphatic heterocycles. The van der Waals surface area contributed by atoms with Gasteiger partial charge >= 0.3 is 0 Å². The lowest BCUT2D eigenvalue weighted by Gasteiger charge is -2.12. The van der Waals surface area contributed by atoms with Crippen molar-refractivity contribution < 1.29 is 0 Å². The highest BCUT2D eigenvalue weighted by molar-refractivity contribution is 6.26. The quantitative estimate of drug-likeness (QED) is 0.161. The normalized spacial score (nSPS) is 11.5. The Bertz CT molecular complexity index is 3540. The molecule has 0 bridgehead atoms. The maximum Gasteiger partial charge on any atom is 0.238 e. The van der Waals surface area contributed by atoms with Crippen LogP contribution in [0.25, 0.3) is 112 Å². The molecule has 0 radical (unpaired) electrons. The largest absolute Gasteiger partial charge is 0.309 e. The van der Waals surface area contributed by atoms with Crippen molar-refractivity contribution in [1.29, 1.82) is 0 Å². The van der Waals surface area contributed by atoms with Gasteiger partial charge in [0.05, 0.1) is 33.5 Å².